The number of ether oxygens (including phenoxy) is 1. The van der Waals surface area contributed by atoms with Crippen LogP contribution in [0.25, 0.3) is 0 Å². The van der Waals surface area contributed by atoms with Crippen LogP contribution in [-0.4, -0.2) is 0 Å². The zero-order valence-electron chi connectivity index (χ0n) is 13.0. The first-order valence-corrected chi connectivity index (χ1v) is 7.18. The Morgan fingerprint density at radius 3 is 2.43 bits per heavy atom. The number of aryl methyl sites for hydroxylation is 1. The maximum Gasteiger partial charge on any atom is 0.153 e. The highest BCUT2D eigenvalue weighted by Gasteiger charge is 2.20. The molecule has 0 atom stereocenters. The van der Waals surface area contributed by atoms with Gasteiger partial charge in [-0.3, -0.25) is 0 Å². The molecular weight excluding hydrogens is 265 g/mol. The van der Waals surface area contributed by atoms with E-state index >= 15 is 0 Å². The molecule has 0 spiro atoms. The lowest BCUT2D eigenvalue weighted by Gasteiger charge is -2.24. The van der Waals surface area contributed by atoms with Crippen molar-refractivity contribution in [3.8, 4) is 11.5 Å². The molecule has 21 heavy (non-hydrogen) atoms. The van der Waals surface area contributed by atoms with Crippen molar-refractivity contribution in [2.75, 3.05) is 5.73 Å². The van der Waals surface area contributed by atoms with Gasteiger partial charge in [-0.1, -0.05) is 45.9 Å². The predicted molar refractivity (Wildman–Crippen MR) is 85.4 cm³/mol. The van der Waals surface area contributed by atoms with Crippen molar-refractivity contribution >= 4 is 5.69 Å². The van der Waals surface area contributed by atoms with E-state index in [1.807, 2.05) is 12.1 Å². The highest BCUT2D eigenvalue weighted by atomic mass is 19.1. The Hall–Kier alpha value is -2.03. The molecule has 3 heteroatoms. The first-order valence-electron chi connectivity index (χ1n) is 7.18. The summed E-state index contributed by atoms with van der Waals surface area (Å²) in [6, 6.07) is 10.7. The van der Waals surface area contributed by atoms with E-state index in [4.69, 9.17) is 10.5 Å². The predicted octanol–water partition coefficient (Wildman–Crippen LogP) is 5.06. The summed E-state index contributed by atoms with van der Waals surface area (Å²) in [5, 5.41) is 0. The molecule has 0 heterocycles. The topological polar surface area (TPSA) is 35.2 Å². The van der Waals surface area contributed by atoms with Gasteiger partial charge in [0.05, 0.1) is 0 Å². The van der Waals surface area contributed by atoms with Crippen molar-refractivity contribution in [1.82, 2.24) is 0 Å². The molecule has 0 saturated heterocycles. The number of nitrogen functional groups attached to an aromatic ring is 1. The fraction of sp³-hybridized carbons (Fsp3) is 0.333. The van der Waals surface area contributed by atoms with Crippen molar-refractivity contribution < 1.29 is 9.13 Å². The van der Waals surface area contributed by atoms with Gasteiger partial charge in [0.25, 0.3) is 0 Å². The Balaban J connectivity index is 2.46. The van der Waals surface area contributed by atoms with Crippen LogP contribution >= 0.6 is 0 Å². The number of halogens is 1. The normalized spacial score (nSPS) is 11.5. The van der Waals surface area contributed by atoms with E-state index in [1.165, 1.54) is 11.6 Å². The maximum atomic E-state index is 13.5. The summed E-state index contributed by atoms with van der Waals surface area (Å²) in [4.78, 5) is 0. The van der Waals surface area contributed by atoms with Gasteiger partial charge >= 0.3 is 0 Å². The molecule has 0 radical (unpaired) electrons. The van der Waals surface area contributed by atoms with E-state index in [0.717, 1.165) is 17.7 Å². The lowest BCUT2D eigenvalue weighted by atomic mass is 9.85. The average Bonchev–Trinajstić information content (AvgIpc) is 2.43. The number of para-hydroxylation sites is 1. The third-order valence-corrected chi connectivity index (χ3v) is 3.49. The van der Waals surface area contributed by atoms with Gasteiger partial charge in [-0.25, -0.2) is 4.39 Å². The SMILES string of the molecule is CCc1ccc(Oc2cccc(F)c2N)c(C(C)(C)C)c1. The van der Waals surface area contributed by atoms with Crippen LogP contribution < -0.4 is 10.5 Å². The van der Waals surface area contributed by atoms with Crippen LogP contribution in [0.4, 0.5) is 10.1 Å². The summed E-state index contributed by atoms with van der Waals surface area (Å²) in [6.45, 7) is 8.50. The molecule has 0 aliphatic rings. The standard InChI is InChI=1S/C18H22FNO/c1-5-12-9-10-15(13(11-12)18(2,3)4)21-16-8-6-7-14(19)17(16)20/h6-11H,5,20H2,1-4H3. The first kappa shape index (κ1) is 15.4. The summed E-state index contributed by atoms with van der Waals surface area (Å²) < 4.78 is 19.4. The van der Waals surface area contributed by atoms with Gasteiger partial charge in [-0.05, 0) is 35.6 Å². The highest BCUT2D eigenvalue weighted by Crippen LogP contribution is 2.37. The Morgan fingerprint density at radius 2 is 1.81 bits per heavy atom. The molecule has 2 nitrogen and oxygen atoms in total. The second kappa shape index (κ2) is 5.76. The third kappa shape index (κ3) is 3.35. The first-order chi connectivity index (χ1) is 9.82. The van der Waals surface area contributed by atoms with Gasteiger partial charge < -0.3 is 10.5 Å². The van der Waals surface area contributed by atoms with E-state index in [-0.39, 0.29) is 11.1 Å². The molecule has 2 aromatic carbocycles. The number of nitrogens with two attached hydrogens (primary N) is 1. The average molecular weight is 287 g/mol. The molecule has 0 aromatic heterocycles. The van der Waals surface area contributed by atoms with Gasteiger partial charge in [0.15, 0.2) is 5.75 Å². The van der Waals surface area contributed by atoms with Gasteiger partial charge in [-0.15, -0.1) is 0 Å². The Kier molecular flexibility index (Phi) is 4.21. The van der Waals surface area contributed by atoms with Crippen molar-refractivity contribution in [2.24, 2.45) is 0 Å². The van der Waals surface area contributed by atoms with Crippen LogP contribution in [0.3, 0.4) is 0 Å². The minimum atomic E-state index is -0.463. The van der Waals surface area contributed by atoms with Gasteiger partial charge in [0.1, 0.15) is 17.3 Å². The summed E-state index contributed by atoms with van der Waals surface area (Å²) in [5.41, 5.74) is 8.06. The molecule has 0 unspecified atom stereocenters. The molecule has 0 aliphatic carbocycles. The van der Waals surface area contributed by atoms with E-state index in [1.54, 1.807) is 12.1 Å². The van der Waals surface area contributed by atoms with Crippen molar-refractivity contribution in [3.05, 3.63) is 53.3 Å². The van der Waals surface area contributed by atoms with Crippen molar-refractivity contribution in [3.63, 3.8) is 0 Å². The fourth-order valence-corrected chi connectivity index (χ4v) is 2.20. The number of hydrogen-bond acceptors (Lipinski definition) is 2. The summed E-state index contributed by atoms with van der Waals surface area (Å²) in [6.07, 6.45) is 0.964. The van der Waals surface area contributed by atoms with Gasteiger partial charge in [0.2, 0.25) is 0 Å². The quantitative estimate of drug-likeness (QED) is 0.801. The monoisotopic (exact) mass is 287 g/mol. The number of benzene rings is 2. The van der Waals surface area contributed by atoms with Crippen LogP contribution in [0.5, 0.6) is 11.5 Å². The molecule has 0 bridgehead atoms. The van der Waals surface area contributed by atoms with Crippen LogP contribution in [0.1, 0.15) is 38.8 Å². The number of hydrogen-bond donors (Lipinski definition) is 1. The summed E-state index contributed by atoms with van der Waals surface area (Å²) >= 11 is 0. The zero-order chi connectivity index (χ0) is 15.6. The van der Waals surface area contributed by atoms with Crippen molar-refractivity contribution in [1.29, 1.82) is 0 Å². The van der Waals surface area contributed by atoms with Crippen LogP contribution in [0.2, 0.25) is 0 Å². The van der Waals surface area contributed by atoms with E-state index in [0.29, 0.717) is 5.75 Å². The molecular formula is C18H22FNO. The largest absolute Gasteiger partial charge is 0.455 e. The summed E-state index contributed by atoms with van der Waals surface area (Å²) in [5.74, 6) is 0.608. The zero-order valence-corrected chi connectivity index (χ0v) is 13.0. The third-order valence-electron chi connectivity index (χ3n) is 3.49. The minimum Gasteiger partial charge on any atom is -0.455 e. The molecule has 2 N–H and O–H groups in total. The van der Waals surface area contributed by atoms with E-state index in [2.05, 4.69) is 33.8 Å². The summed E-state index contributed by atoms with van der Waals surface area (Å²) in [7, 11) is 0. The number of anilines is 1. The fourth-order valence-electron chi connectivity index (χ4n) is 2.20. The lowest BCUT2D eigenvalue weighted by Crippen LogP contribution is -2.13. The highest BCUT2D eigenvalue weighted by molar-refractivity contribution is 5.56. The maximum absolute atomic E-state index is 13.5. The smallest absolute Gasteiger partial charge is 0.153 e. The Labute approximate surface area is 125 Å². The molecule has 0 amide bonds. The van der Waals surface area contributed by atoms with E-state index in [9.17, 15) is 4.39 Å². The van der Waals surface area contributed by atoms with Crippen LogP contribution in [-0.2, 0) is 11.8 Å². The van der Waals surface area contributed by atoms with E-state index < -0.39 is 5.82 Å². The Morgan fingerprint density at radius 1 is 1.10 bits per heavy atom. The molecule has 2 rings (SSSR count). The van der Waals surface area contributed by atoms with Crippen LogP contribution in [0, 0.1) is 5.82 Å². The molecule has 112 valence electrons. The van der Waals surface area contributed by atoms with Crippen LogP contribution in [0.15, 0.2) is 36.4 Å². The minimum absolute atomic E-state index is 0.0388. The van der Waals surface area contributed by atoms with Crippen molar-refractivity contribution in [2.45, 2.75) is 39.5 Å². The second-order valence-corrected chi connectivity index (χ2v) is 6.19. The molecule has 0 aliphatic heterocycles. The molecule has 0 saturated carbocycles. The van der Waals surface area contributed by atoms with Gasteiger partial charge in [0, 0.05) is 5.56 Å². The number of rotatable bonds is 3. The lowest BCUT2D eigenvalue weighted by molar-refractivity contribution is 0.453. The molecule has 0 fully saturated rings. The molecule has 2 aromatic rings. The van der Waals surface area contributed by atoms with Gasteiger partial charge in [-0.2, -0.15) is 0 Å². The second-order valence-electron chi connectivity index (χ2n) is 6.19. The Bertz CT molecular complexity index is 644.